The van der Waals surface area contributed by atoms with Crippen molar-refractivity contribution in [2.24, 2.45) is 0 Å². The van der Waals surface area contributed by atoms with Gasteiger partial charge in [0, 0.05) is 32.6 Å². The van der Waals surface area contributed by atoms with Gasteiger partial charge in [0.2, 0.25) is 5.95 Å². The number of aromatic nitrogens is 4. The van der Waals surface area contributed by atoms with Crippen LogP contribution in [-0.4, -0.2) is 44.9 Å². The van der Waals surface area contributed by atoms with Gasteiger partial charge in [-0.2, -0.15) is 10.1 Å². The molecule has 0 bridgehead atoms. The van der Waals surface area contributed by atoms with Crippen LogP contribution in [0.4, 0.5) is 5.95 Å². The Morgan fingerprint density at radius 2 is 2.24 bits per heavy atom. The summed E-state index contributed by atoms with van der Waals surface area (Å²) < 4.78 is 1.40. The van der Waals surface area contributed by atoms with Crippen molar-refractivity contribution in [1.82, 2.24) is 19.7 Å². The Hall–Kier alpha value is -2.44. The highest BCUT2D eigenvalue weighted by Gasteiger charge is 2.08. The Morgan fingerprint density at radius 1 is 1.47 bits per heavy atom. The molecule has 2 heterocycles. The number of carbonyl (C=O) groups is 1. The first-order valence-electron chi connectivity index (χ1n) is 4.86. The molecular weight excluding hydrogens is 222 g/mol. The molecule has 7 heteroatoms. The molecule has 0 aliphatic heterocycles. The second kappa shape index (κ2) is 4.20. The Balaban J connectivity index is 2.38. The van der Waals surface area contributed by atoms with Crippen LogP contribution in [0, 0.1) is 0 Å². The normalized spacial score (nSPS) is 10.2. The van der Waals surface area contributed by atoms with E-state index in [0.29, 0.717) is 11.8 Å². The van der Waals surface area contributed by atoms with E-state index in [2.05, 4.69) is 15.1 Å². The highest BCUT2D eigenvalue weighted by Crippen LogP contribution is 2.08. The number of nitrogens with zero attached hydrogens (tertiary/aromatic N) is 5. The molecule has 0 spiro atoms. The molecule has 2 aromatic heterocycles. The molecule has 0 amide bonds. The lowest BCUT2D eigenvalue weighted by atomic mass is 10.4. The first-order chi connectivity index (χ1) is 8.08. The molecule has 1 N–H and O–H groups in total. The Kier molecular flexibility index (Phi) is 2.73. The monoisotopic (exact) mass is 233 g/mol. The predicted molar refractivity (Wildman–Crippen MR) is 60.4 cm³/mol. The lowest BCUT2D eigenvalue weighted by molar-refractivity contribution is 0.0697. The SMILES string of the molecule is CN(C)c1nccc(-n2cc(C(=O)O)cn2)n1. The zero-order chi connectivity index (χ0) is 12.4. The van der Waals surface area contributed by atoms with E-state index in [1.54, 1.807) is 17.2 Å². The van der Waals surface area contributed by atoms with E-state index in [-0.39, 0.29) is 5.56 Å². The average molecular weight is 233 g/mol. The van der Waals surface area contributed by atoms with Crippen molar-refractivity contribution in [2.45, 2.75) is 0 Å². The van der Waals surface area contributed by atoms with Gasteiger partial charge in [0.05, 0.1) is 11.8 Å². The van der Waals surface area contributed by atoms with Crippen molar-refractivity contribution in [3.05, 3.63) is 30.2 Å². The zero-order valence-electron chi connectivity index (χ0n) is 9.40. The van der Waals surface area contributed by atoms with Gasteiger partial charge in [-0.3, -0.25) is 0 Å². The van der Waals surface area contributed by atoms with Crippen LogP contribution in [0.25, 0.3) is 5.82 Å². The summed E-state index contributed by atoms with van der Waals surface area (Å²) in [6, 6.07) is 1.66. The Bertz CT molecular complexity index is 549. The molecule has 0 radical (unpaired) electrons. The first-order valence-corrected chi connectivity index (χ1v) is 4.86. The summed E-state index contributed by atoms with van der Waals surface area (Å²) in [5.74, 6) is 0.0456. The van der Waals surface area contributed by atoms with Crippen LogP contribution in [0.2, 0.25) is 0 Å². The van der Waals surface area contributed by atoms with Gasteiger partial charge in [-0.1, -0.05) is 0 Å². The maximum Gasteiger partial charge on any atom is 0.338 e. The summed E-state index contributed by atoms with van der Waals surface area (Å²) in [5, 5.41) is 12.7. The van der Waals surface area contributed by atoms with Crippen molar-refractivity contribution in [3.63, 3.8) is 0 Å². The van der Waals surface area contributed by atoms with E-state index in [9.17, 15) is 4.79 Å². The molecule has 0 saturated heterocycles. The standard InChI is InChI=1S/C10H11N5O2/c1-14(2)10-11-4-3-8(13-10)15-6-7(5-12-15)9(16)17/h3-6H,1-2H3,(H,16,17). The van der Waals surface area contributed by atoms with Crippen LogP contribution in [0.3, 0.4) is 0 Å². The highest BCUT2D eigenvalue weighted by atomic mass is 16.4. The minimum Gasteiger partial charge on any atom is -0.478 e. The van der Waals surface area contributed by atoms with Crippen LogP contribution < -0.4 is 4.90 Å². The van der Waals surface area contributed by atoms with Crippen LogP contribution in [0.1, 0.15) is 10.4 Å². The summed E-state index contributed by atoms with van der Waals surface area (Å²) >= 11 is 0. The number of aromatic carboxylic acids is 1. The number of rotatable bonds is 3. The van der Waals surface area contributed by atoms with Gasteiger partial charge >= 0.3 is 5.97 Å². The number of carboxylic acids is 1. The number of anilines is 1. The number of hydrogen-bond donors (Lipinski definition) is 1. The van der Waals surface area contributed by atoms with Crippen LogP contribution in [0.15, 0.2) is 24.7 Å². The minimum absolute atomic E-state index is 0.120. The van der Waals surface area contributed by atoms with Crippen molar-refractivity contribution in [1.29, 1.82) is 0 Å². The molecule has 88 valence electrons. The Labute approximate surface area is 97.3 Å². The summed E-state index contributed by atoms with van der Waals surface area (Å²) in [4.78, 5) is 20.8. The fraction of sp³-hybridized carbons (Fsp3) is 0.200. The summed E-state index contributed by atoms with van der Waals surface area (Å²) in [7, 11) is 3.65. The summed E-state index contributed by atoms with van der Waals surface area (Å²) in [6.45, 7) is 0. The van der Waals surface area contributed by atoms with E-state index in [4.69, 9.17) is 5.11 Å². The molecule has 0 saturated carbocycles. The van der Waals surface area contributed by atoms with Crippen LogP contribution >= 0.6 is 0 Å². The smallest absolute Gasteiger partial charge is 0.338 e. The molecule has 2 rings (SSSR count). The third-order valence-corrected chi connectivity index (χ3v) is 2.09. The van der Waals surface area contributed by atoms with E-state index in [1.165, 1.54) is 17.1 Å². The lowest BCUT2D eigenvalue weighted by Gasteiger charge is -2.10. The van der Waals surface area contributed by atoms with Gasteiger partial charge in [-0.25, -0.2) is 14.5 Å². The minimum atomic E-state index is -1.02. The molecule has 0 aromatic carbocycles. The van der Waals surface area contributed by atoms with E-state index in [0.717, 1.165) is 0 Å². The largest absolute Gasteiger partial charge is 0.478 e. The fourth-order valence-electron chi connectivity index (χ4n) is 1.24. The van der Waals surface area contributed by atoms with Gasteiger partial charge in [0.1, 0.15) is 0 Å². The molecule has 2 aromatic rings. The van der Waals surface area contributed by atoms with Gasteiger partial charge in [-0.05, 0) is 0 Å². The summed E-state index contributed by atoms with van der Waals surface area (Å²) in [5.41, 5.74) is 0.120. The average Bonchev–Trinajstić information content (AvgIpc) is 2.78. The van der Waals surface area contributed by atoms with Crippen molar-refractivity contribution >= 4 is 11.9 Å². The lowest BCUT2D eigenvalue weighted by Crippen LogP contribution is -2.13. The van der Waals surface area contributed by atoms with Crippen molar-refractivity contribution in [2.75, 3.05) is 19.0 Å². The van der Waals surface area contributed by atoms with Gasteiger partial charge < -0.3 is 10.0 Å². The Morgan fingerprint density at radius 3 is 2.82 bits per heavy atom. The number of carboxylic acid groups (broad SMARTS) is 1. The molecule has 0 atom stereocenters. The maximum absolute atomic E-state index is 10.7. The third-order valence-electron chi connectivity index (χ3n) is 2.09. The highest BCUT2D eigenvalue weighted by molar-refractivity contribution is 5.86. The van der Waals surface area contributed by atoms with E-state index < -0.39 is 5.97 Å². The second-order valence-electron chi connectivity index (χ2n) is 3.59. The van der Waals surface area contributed by atoms with E-state index >= 15 is 0 Å². The van der Waals surface area contributed by atoms with Crippen molar-refractivity contribution in [3.8, 4) is 5.82 Å². The quantitative estimate of drug-likeness (QED) is 0.827. The molecule has 17 heavy (non-hydrogen) atoms. The molecule has 0 aliphatic rings. The topological polar surface area (TPSA) is 84.1 Å². The van der Waals surface area contributed by atoms with Crippen LogP contribution in [-0.2, 0) is 0 Å². The second-order valence-corrected chi connectivity index (χ2v) is 3.59. The fourth-order valence-corrected chi connectivity index (χ4v) is 1.24. The first kappa shape index (κ1) is 11.1. The third kappa shape index (κ3) is 2.22. The van der Waals surface area contributed by atoms with E-state index in [1.807, 2.05) is 14.1 Å². The van der Waals surface area contributed by atoms with Crippen molar-refractivity contribution < 1.29 is 9.90 Å². The molecule has 0 fully saturated rings. The summed E-state index contributed by atoms with van der Waals surface area (Å²) in [6.07, 6.45) is 4.28. The van der Waals surface area contributed by atoms with Gasteiger partial charge in [-0.15, -0.1) is 0 Å². The molecule has 0 unspecified atom stereocenters. The molecular formula is C10H11N5O2. The maximum atomic E-state index is 10.7. The van der Waals surface area contributed by atoms with Gasteiger partial charge in [0.25, 0.3) is 0 Å². The number of hydrogen-bond acceptors (Lipinski definition) is 5. The molecule has 7 nitrogen and oxygen atoms in total. The predicted octanol–water partition coefficient (Wildman–Crippen LogP) is 0.426. The zero-order valence-corrected chi connectivity index (χ0v) is 9.40. The van der Waals surface area contributed by atoms with Crippen LogP contribution in [0.5, 0.6) is 0 Å². The van der Waals surface area contributed by atoms with Gasteiger partial charge in [0.15, 0.2) is 5.82 Å². The molecule has 0 aliphatic carbocycles.